The Morgan fingerprint density at radius 1 is 1.29 bits per heavy atom. The van der Waals surface area contributed by atoms with E-state index in [-0.39, 0.29) is 0 Å². The molecule has 1 aromatic heterocycles. The van der Waals surface area contributed by atoms with E-state index in [9.17, 15) is 0 Å². The number of aromatic nitrogens is 1. The Kier molecular flexibility index (Phi) is 3.61. The molecule has 2 N–H and O–H groups in total. The Labute approximate surface area is 105 Å². The molecular weight excluding hydrogens is 236 g/mol. The van der Waals surface area contributed by atoms with Crippen LogP contribution >= 0.6 is 11.6 Å². The Bertz CT molecular complexity index is 514. The van der Waals surface area contributed by atoms with Crippen LogP contribution in [0.3, 0.4) is 0 Å². The quantitative estimate of drug-likeness (QED) is 0.909. The molecule has 0 atom stereocenters. The fraction of sp³-hybridized carbons (Fsp3) is 0.154. The summed E-state index contributed by atoms with van der Waals surface area (Å²) in [6.45, 7) is 0.352. The van der Waals surface area contributed by atoms with Gasteiger partial charge in [-0.2, -0.15) is 0 Å². The van der Waals surface area contributed by atoms with Crippen molar-refractivity contribution >= 4 is 11.6 Å². The van der Waals surface area contributed by atoms with Crippen LogP contribution in [0.1, 0.15) is 5.56 Å². The van der Waals surface area contributed by atoms with Crippen LogP contribution in [-0.4, -0.2) is 12.1 Å². The molecule has 3 nitrogen and oxygen atoms in total. The van der Waals surface area contributed by atoms with E-state index in [1.54, 1.807) is 13.2 Å². The van der Waals surface area contributed by atoms with E-state index in [2.05, 4.69) is 4.98 Å². The molecule has 4 heteroatoms. The molecule has 1 aromatic carbocycles. The number of hydrogen-bond donors (Lipinski definition) is 1. The topological polar surface area (TPSA) is 48.1 Å². The smallest absolute Gasteiger partial charge is 0.218 e. The van der Waals surface area contributed by atoms with E-state index >= 15 is 0 Å². The second-order valence-electron chi connectivity index (χ2n) is 3.56. The first-order valence-electron chi connectivity index (χ1n) is 5.25. The molecule has 2 aromatic rings. The maximum Gasteiger partial charge on any atom is 0.218 e. The van der Waals surface area contributed by atoms with Crippen molar-refractivity contribution in [1.29, 1.82) is 0 Å². The minimum atomic E-state index is 0.352. The van der Waals surface area contributed by atoms with Gasteiger partial charge < -0.3 is 10.5 Å². The van der Waals surface area contributed by atoms with Crippen LogP contribution in [0, 0.1) is 0 Å². The minimum absolute atomic E-state index is 0.352. The van der Waals surface area contributed by atoms with Gasteiger partial charge in [0.25, 0.3) is 0 Å². The van der Waals surface area contributed by atoms with Crippen LogP contribution in [0.15, 0.2) is 36.4 Å². The van der Waals surface area contributed by atoms with Crippen molar-refractivity contribution in [1.82, 2.24) is 4.98 Å². The molecule has 0 radical (unpaired) electrons. The minimum Gasteiger partial charge on any atom is -0.481 e. The molecule has 0 unspecified atom stereocenters. The highest BCUT2D eigenvalue weighted by Gasteiger charge is 2.11. The highest BCUT2D eigenvalue weighted by Crippen LogP contribution is 2.30. The lowest BCUT2D eigenvalue weighted by atomic mass is 10.1. The highest BCUT2D eigenvalue weighted by molar-refractivity contribution is 6.33. The molecule has 0 saturated heterocycles. The molecule has 0 fully saturated rings. The number of pyridine rings is 1. The van der Waals surface area contributed by atoms with E-state index in [0.29, 0.717) is 23.1 Å². The van der Waals surface area contributed by atoms with Gasteiger partial charge in [-0.05, 0) is 6.07 Å². The average Bonchev–Trinajstić information content (AvgIpc) is 2.39. The fourth-order valence-corrected chi connectivity index (χ4v) is 1.91. The van der Waals surface area contributed by atoms with Crippen molar-refractivity contribution in [2.75, 3.05) is 7.11 Å². The fourth-order valence-electron chi connectivity index (χ4n) is 1.63. The zero-order chi connectivity index (χ0) is 12.3. The van der Waals surface area contributed by atoms with Crippen LogP contribution in [-0.2, 0) is 6.54 Å². The molecule has 0 aliphatic rings. The summed E-state index contributed by atoms with van der Waals surface area (Å²) in [4.78, 5) is 4.40. The van der Waals surface area contributed by atoms with E-state index in [1.807, 2.05) is 30.3 Å². The number of nitrogens with zero attached hydrogens (tertiary/aromatic N) is 1. The van der Waals surface area contributed by atoms with Crippen LogP contribution in [0.25, 0.3) is 11.3 Å². The molecule has 0 aliphatic carbocycles. The molecule has 88 valence electrons. The van der Waals surface area contributed by atoms with Gasteiger partial charge in [0.05, 0.1) is 17.8 Å². The maximum absolute atomic E-state index is 6.20. The van der Waals surface area contributed by atoms with E-state index in [1.165, 1.54) is 0 Å². The third-order valence-corrected chi connectivity index (χ3v) is 2.76. The summed E-state index contributed by atoms with van der Waals surface area (Å²) < 4.78 is 5.20. The van der Waals surface area contributed by atoms with Gasteiger partial charge in [-0.1, -0.05) is 41.9 Å². The Hall–Kier alpha value is -1.58. The largest absolute Gasteiger partial charge is 0.481 e. The molecular formula is C13H13ClN2O. The highest BCUT2D eigenvalue weighted by atomic mass is 35.5. The normalized spacial score (nSPS) is 10.3. The summed E-state index contributed by atoms with van der Waals surface area (Å²) in [5.41, 5.74) is 8.08. The van der Waals surface area contributed by atoms with Crippen molar-refractivity contribution in [2.24, 2.45) is 5.73 Å². The first-order valence-corrected chi connectivity index (χ1v) is 5.63. The molecule has 0 saturated carbocycles. The van der Waals surface area contributed by atoms with Crippen LogP contribution in [0.2, 0.25) is 5.02 Å². The summed E-state index contributed by atoms with van der Waals surface area (Å²) in [7, 11) is 1.57. The van der Waals surface area contributed by atoms with Gasteiger partial charge in [0, 0.05) is 17.7 Å². The average molecular weight is 249 g/mol. The van der Waals surface area contributed by atoms with Crippen molar-refractivity contribution in [3.63, 3.8) is 0 Å². The summed E-state index contributed by atoms with van der Waals surface area (Å²) >= 11 is 6.20. The number of rotatable bonds is 3. The van der Waals surface area contributed by atoms with E-state index < -0.39 is 0 Å². The zero-order valence-electron chi connectivity index (χ0n) is 9.48. The summed E-state index contributed by atoms with van der Waals surface area (Å²) in [6, 6.07) is 11.5. The second kappa shape index (κ2) is 5.17. The lowest BCUT2D eigenvalue weighted by Crippen LogP contribution is -2.03. The van der Waals surface area contributed by atoms with Gasteiger partial charge in [0.2, 0.25) is 5.88 Å². The number of nitrogens with two attached hydrogens (primary N) is 1. The number of halogens is 1. The Morgan fingerprint density at radius 2 is 2.00 bits per heavy atom. The summed E-state index contributed by atoms with van der Waals surface area (Å²) in [5, 5.41) is 0.581. The summed E-state index contributed by atoms with van der Waals surface area (Å²) in [5.74, 6) is 0.524. The van der Waals surface area contributed by atoms with Crippen LogP contribution in [0.4, 0.5) is 0 Å². The first-order chi connectivity index (χ1) is 8.26. The Morgan fingerprint density at radius 3 is 2.59 bits per heavy atom. The van der Waals surface area contributed by atoms with Gasteiger partial charge in [0.15, 0.2) is 0 Å². The Balaban J connectivity index is 2.56. The third-order valence-electron chi connectivity index (χ3n) is 2.48. The summed E-state index contributed by atoms with van der Waals surface area (Å²) in [6.07, 6.45) is 0. The van der Waals surface area contributed by atoms with Crippen molar-refractivity contribution in [2.45, 2.75) is 6.54 Å². The number of benzene rings is 1. The van der Waals surface area contributed by atoms with Crippen molar-refractivity contribution in [3.8, 4) is 17.1 Å². The number of hydrogen-bond acceptors (Lipinski definition) is 3. The monoisotopic (exact) mass is 248 g/mol. The number of methoxy groups -OCH3 is 1. The van der Waals surface area contributed by atoms with Crippen molar-refractivity contribution < 1.29 is 4.74 Å². The molecule has 0 aliphatic heterocycles. The maximum atomic E-state index is 6.20. The number of ether oxygens (including phenoxy) is 1. The van der Waals surface area contributed by atoms with Gasteiger partial charge >= 0.3 is 0 Å². The van der Waals surface area contributed by atoms with Gasteiger partial charge in [-0.25, -0.2) is 4.98 Å². The molecule has 17 heavy (non-hydrogen) atoms. The molecule has 2 rings (SSSR count). The predicted molar refractivity (Wildman–Crippen MR) is 69.1 cm³/mol. The molecule has 0 bridgehead atoms. The molecule has 0 amide bonds. The van der Waals surface area contributed by atoms with E-state index in [4.69, 9.17) is 22.1 Å². The van der Waals surface area contributed by atoms with Gasteiger partial charge in [0.1, 0.15) is 0 Å². The van der Waals surface area contributed by atoms with Gasteiger partial charge in [-0.3, -0.25) is 0 Å². The van der Waals surface area contributed by atoms with Gasteiger partial charge in [-0.15, -0.1) is 0 Å². The second-order valence-corrected chi connectivity index (χ2v) is 3.96. The van der Waals surface area contributed by atoms with Crippen LogP contribution < -0.4 is 10.5 Å². The first kappa shape index (κ1) is 11.9. The lowest BCUT2D eigenvalue weighted by Gasteiger charge is -2.10. The van der Waals surface area contributed by atoms with Crippen molar-refractivity contribution in [3.05, 3.63) is 47.0 Å². The van der Waals surface area contributed by atoms with E-state index in [0.717, 1.165) is 11.1 Å². The molecule has 1 heterocycles. The lowest BCUT2D eigenvalue weighted by molar-refractivity contribution is 0.393. The zero-order valence-corrected chi connectivity index (χ0v) is 10.2. The third kappa shape index (κ3) is 2.40. The SMILES string of the molecule is COc1nc(-c2ccccc2)c(Cl)cc1CN. The molecule has 0 spiro atoms. The van der Waals surface area contributed by atoms with Crippen LogP contribution in [0.5, 0.6) is 5.88 Å². The predicted octanol–water partition coefficient (Wildman–Crippen LogP) is 2.87. The standard InChI is InChI=1S/C13H13ClN2O/c1-17-13-10(8-15)7-11(14)12(16-13)9-5-3-2-4-6-9/h2-7H,8,15H2,1H3.